The van der Waals surface area contributed by atoms with Gasteiger partial charge in [-0.15, -0.1) is 0 Å². The Morgan fingerprint density at radius 1 is 0.919 bits per heavy atom. The second-order valence-electron chi connectivity index (χ2n) is 12.0. The maximum Gasteiger partial charge on any atom is 0.226 e. The van der Waals surface area contributed by atoms with E-state index in [1.165, 1.54) is 31.2 Å². The number of phenolic OH excluding ortho intramolecular Hbond substituents is 1. The van der Waals surface area contributed by atoms with Crippen LogP contribution in [0.1, 0.15) is 96.5 Å². The molecule has 2 N–H and O–H groups in total. The van der Waals surface area contributed by atoms with Crippen molar-refractivity contribution >= 4 is 0 Å². The molecule has 0 unspecified atom stereocenters. The van der Waals surface area contributed by atoms with Gasteiger partial charge in [-0.2, -0.15) is 0 Å². The maximum atomic E-state index is 11.0. The van der Waals surface area contributed by atoms with Gasteiger partial charge in [0.1, 0.15) is 17.8 Å². The van der Waals surface area contributed by atoms with E-state index in [1.807, 2.05) is 24.3 Å². The highest BCUT2D eigenvalue weighted by Crippen LogP contribution is 2.41. The van der Waals surface area contributed by atoms with Crippen LogP contribution in [0, 0.1) is 0 Å². The Morgan fingerprint density at radius 3 is 2.16 bits per heavy atom. The summed E-state index contributed by atoms with van der Waals surface area (Å²) in [4.78, 5) is 4.73. The van der Waals surface area contributed by atoms with Crippen molar-refractivity contribution in [1.29, 1.82) is 0 Å². The number of ether oxygens (including phenoxy) is 1. The maximum absolute atomic E-state index is 11.0. The topological polar surface area (TPSA) is 67.5 Å². The number of nitrogens with zero attached hydrogens (tertiary/aromatic N) is 1. The lowest BCUT2D eigenvalue weighted by atomic mass is 9.78. The molecular weight excluding hydrogens is 460 g/mol. The summed E-state index contributed by atoms with van der Waals surface area (Å²) in [5.41, 5.74) is 4.38. The number of oxazole rings is 1. The molecule has 0 atom stereocenters. The van der Waals surface area contributed by atoms with E-state index in [2.05, 4.69) is 65.9 Å². The van der Waals surface area contributed by atoms with Gasteiger partial charge in [-0.1, -0.05) is 79.9 Å². The first-order chi connectivity index (χ1) is 17.5. The number of nitrogens with one attached hydrogen (secondary N) is 1. The average Bonchev–Trinajstić information content (AvgIpc) is 3.30. The number of hydrogen-bond acceptors (Lipinski definition) is 5. The van der Waals surface area contributed by atoms with Gasteiger partial charge in [0, 0.05) is 29.7 Å². The third-order valence-electron chi connectivity index (χ3n) is 6.61. The van der Waals surface area contributed by atoms with Crippen molar-refractivity contribution in [3.8, 4) is 23.0 Å². The van der Waals surface area contributed by atoms with E-state index in [-0.39, 0.29) is 10.8 Å². The summed E-state index contributed by atoms with van der Waals surface area (Å²) < 4.78 is 11.8. The number of aromatic hydroxyl groups is 1. The molecule has 0 bridgehead atoms. The molecular formula is C32H46N2O3. The van der Waals surface area contributed by atoms with Crippen LogP contribution < -0.4 is 10.1 Å². The molecule has 37 heavy (non-hydrogen) atoms. The number of rotatable bonds is 12. The molecule has 2 aromatic carbocycles. The summed E-state index contributed by atoms with van der Waals surface area (Å²) in [7, 11) is 0. The van der Waals surface area contributed by atoms with Gasteiger partial charge in [0.25, 0.3) is 0 Å². The van der Waals surface area contributed by atoms with Crippen LogP contribution in [0.4, 0.5) is 0 Å². The van der Waals surface area contributed by atoms with Crippen LogP contribution >= 0.6 is 0 Å². The number of hydrogen-bond donors (Lipinski definition) is 2. The van der Waals surface area contributed by atoms with E-state index >= 15 is 0 Å². The standard InChI is InChI=1S/C32H46N2O3/c1-8-9-10-11-17-33-21-23-12-14-26(15-13-23)36-18-16-25-22-37-30(34-25)24-19-27(31(2,3)4)29(35)28(20-24)32(5,6)7/h12-15,19-20,22,33,35H,8-11,16-18,21H2,1-7H3. The van der Waals surface area contributed by atoms with Crippen LogP contribution in [-0.2, 0) is 23.8 Å². The number of aromatic nitrogens is 1. The Balaban J connectivity index is 1.57. The molecule has 0 amide bonds. The van der Waals surface area contributed by atoms with E-state index in [4.69, 9.17) is 14.1 Å². The lowest BCUT2D eigenvalue weighted by molar-refractivity contribution is 0.320. The Hall–Kier alpha value is -2.79. The fourth-order valence-corrected chi connectivity index (χ4v) is 4.34. The first-order valence-electron chi connectivity index (χ1n) is 13.7. The van der Waals surface area contributed by atoms with Crippen LogP contribution in [-0.4, -0.2) is 23.2 Å². The van der Waals surface area contributed by atoms with Crippen LogP contribution in [0.15, 0.2) is 47.1 Å². The number of phenols is 1. The van der Waals surface area contributed by atoms with E-state index in [0.717, 1.165) is 41.2 Å². The molecule has 1 heterocycles. The Morgan fingerprint density at radius 2 is 1.57 bits per heavy atom. The van der Waals surface area contributed by atoms with Crippen molar-refractivity contribution in [3.63, 3.8) is 0 Å². The number of benzene rings is 2. The molecule has 0 aliphatic heterocycles. The molecule has 0 radical (unpaired) electrons. The summed E-state index contributed by atoms with van der Waals surface area (Å²) in [5, 5.41) is 14.5. The SMILES string of the molecule is CCCCCCNCc1ccc(OCCc2coc(-c3cc(C(C)(C)C)c(O)c(C(C)(C)C)c3)n2)cc1. The molecule has 0 saturated carbocycles. The second-order valence-corrected chi connectivity index (χ2v) is 12.0. The first kappa shape index (κ1) is 28.8. The van der Waals surface area contributed by atoms with Crippen molar-refractivity contribution in [2.24, 2.45) is 0 Å². The van der Waals surface area contributed by atoms with Crippen molar-refractivity contribution in [2.45, 2.75) is 97.9 Å². The van der Waals surface area contributed by atoms with Crippen molar-refractivity contribution < 1.29 is 14.3 Å². The quantitative estimate of drug-likeness (QED) is 0.244. The average molecular weight is 507 g/mol. The minimum absolute atomic E-state index is 0.205. The molecule has 5 heteroatoms. The highest BCUT2D eigenvalue weighted by atomic mass is 16.5. The van der Waals surface area contributed by atoms with Gasteiger partial charge in [-0.25, -0.2) is 4.98 Å². The molecule has 3 aromatic rings. The number of unbranched alkanes of at least 4 members (excludes halogenated alkanes) is 3. The van der Waals surface area contributed by atoms with Crippen LogP contribution in [0.25, 0.3) is 11.5 Å². The lowest BCUT2D eigenvalue weighted by Crippen LogP contribution is -2.17. The lowest BCUT2D eigenvalue weighted by Gasteiger charge is -2.27. The Labute approximate surface area is 223 Å². The van der Waals surface area contributed by atoms with Gasteiger partial charge in [0.05, 0.1) is 12.3 Å². The van der Waals surface area contributed by atoms with Crippen LogP contribution in [0.3, 0.4) is 0 Å². The van der Waals surface area contributed by atoms with Gasteiger partial charge < -0.3 is 19.6 Å². The predicted molar refractivity (Wildman–Crippen MR) is 152 cm³/mol. The molecule has 3 rings (SSSR count). The highest BCUT2D eigenvalue weighted by Gasteiger charge is 2.27. The summed E-state index contributed by atoms with van der Waals surface area (Å²) >= 11 is 0. The van der Waals surface area contributed by atoms with Gasteiger partial charge in [-0.3, -0.25) is 0 Å². The third kappa shape index (κ3) is 8.36. The summed E-state index contributed by atoms with van der Waals surface area (Å²) in [5.74, 6) is 1.79. The molecule has 0 saturated heterocycles. The molecule has 1 aromatic heterocycles. The molecule has 0 spiro atoms. The summed E-state index contributed by atoms with van der Waals surface area (Å²) in [6.07, 6.45) is 7.48. The highest BCUT2D eigenvalue weighted by molar-refractivity contribution is 5.63. The van der Waals surface area contributed by atoms with Crippen molar-refractivity contribution in [1.82, 2.24) is 10.3 Å². The Bertz CT molecular complexity index is 1080. The van der Waals surface area contributed by atoms with Gasteiger partial charge in [-0.05, 0) is 53.6 Å². The molecule has 5 nitrogen and oxygen atoms in total. The minimum atomic E-state index is -0.205. The third-order valence-corrected chi connectivity index (χ3v) is 6.61. The minimum Gasteiger partial charge on any atom is -0.507 e. The van der Waals surface area contributed by atoms with Gasteiger partial charge >= 0.3 is 0 Å². The van der Waals surface area contributed by atoms with Crippen LogP contribution in [0.2, 0.25) is 0 Å². The zero-order valence-electron chi connectivity index (χ0n) is 23.9. The normalized spacial score (nSPS) is 12.2. The van der Waals surface area contributed by atoms with Crippen molar-refractivity contribution in [3.05, 3.63) is 65.0 Å². The monoisotopic (exact) mass is 506 g/mol. The Kier molecular flexibility index (Phi) is 9.83. The second kappa shape index (κ2) is 12.6. The van der Waals surface area contributed by atoms with E-state index in [0.29, 0.717) is 24.7 Å². The van der Waals surface area contributed by atoms with E-state index < -0.39 is 0 Å². The van der Waals surface area contributed by atoms with Gasteiger partial charge in [0.15, 0.2) is 0 Å². The van der Waals surface area contributed by atoms with Crippen LogP contribution in [0.5, 0.6) is 11.5 Å². The smallest absolute Gasteiger partial charge is 0.226 e. The largest absolute Gasteiger partial charge is 0.507 e. The molecule has 0 aliphatic carbocycles. The fourth-order valence-electron chi connectivity index (χ4n) is 4.34. The van der Waals surface area contributed by atoms with Crippen molar-refractivity contribution in [2.75, 3.05) is 13.2 Å². The summed E-state index contributed by atoms with van der Waals surface area (Å²) in [6, 6.07) is 12.3. The molecule has 202 valence electrons. The summed E-state index contributed by atoms with van der Waals surface area (Å²) in [6.45, 7) is 17.4. The zero-order chi connectivity index (χ0) is 27.1. The first-order valence-corrected chi connectivity index (χ1v) is 13.7. The molecule has 0 fully saturated rings. The fraction of sp³-hybridized carbons (Fsp3) is 0.531. The zero-order valence-corrected chi connectivity index (χ0v) is 23.9. The van der Waals surface area contributed by atoms with E-state index in [1.54, 1.807) is 6.26 Å². The molecule has 0 aliphatic rings. The van der Waals surface area contributed by atoms with E-state index in [9.17, 15) is 5.11 Å². The van der Waals surface area contributed by atoms with Gasteiger partial charge in [0.2, 0.25) is 5.89 Å². The predicted octanol–water partition coefficient (Wildman–Crippen LogP) is 7.93.